The Morgan fingerprint density at radius 3 is 2.48 bits per heavy atom. The van der Waals surface area contributed by atoms with Crippen molar-refractivity contribution in [3.05, 3.63) is 70.9 Å². The van der Waals surface area contributed by atoms with E-state index in [1.54, 1.807) is 19.0 Å². The zero-order valence-electron chi connectivity index (χ0n) is 16.1. The molecule has 0 bridgehead atoms. The second-order valence-corrected chi connectivity index (χ2v) is 7.29. The zero-order chi connectivity index (χ0) is 19.3. The van der Waals surface area contributed by atoms with Crippen LogP contribution in [0.15, 0.2) is 48.5 Å². The highest BCUT2D eigenvalue weighted by atomic mass is 16.2. The Balaban J connectivity index is 1.95. The van der Waals surface area contributed by atoms with E-state index in [4.69, 9.17) is 0 Å². The van der Waals surface area contributed by atoms with Gasteiger partial charge in [0.05, 0.1) is 6.04 Å². The van der Waals surface area contributed by atoms with Crippen LogP contribution >= 0.6 is 0 Å². The maximum absolute atomic E-state index is 13.1. The van der Waals surface area contributed by atoms with Crippen LogP contribution in [-0.4, -0.2) is 46.8 Å². The van der Waals surface area contributed by atoms with Crippen LogP contribution in [0.1, 0.15) is 33.2 Å². The SMILES string of the molecule is Cc1c(C2c3ccccc3C(=O)N2CC(=O)N(C)C)c2ccccc2n1C. The Labute approximate surface area is 158 Å². The summed E-state index contributed by atoms with van der Waals surface area (Å²) < 4.78 is 2.15. The van der Waals surface area contributed by atoms with Gasteiger partial charge in [0, 0.05) is 48.9 Å². The first-order chi connectivity index (χ1) is 12.9. The maximum atomic E-state index is 13.1. The van der Waals surface area contributed by atoms with Gasteiger partial charge >= 0.3 is 0 Å². The molecule has 0 spiro atoms. The highest BCUT2D eigenvalue weighted by Crippen LogP contribution is 2.43. The zero-order valence-corrected chi connectivity index (χ0v) is 16.1. The Bertz CT molecular complexity index is 1060. The second-order valence-electron chi connectivity index (χ2n) is 7.29. The van der Waals surface area contributed by atoms with Crippen LogP contribution in [0.5, 0.6) is 0 Å². The van der Waals surface area contributed by atoms with Crippen molar-refractivity contribution in [1.29, 1.82) is 0 Å². The average molecular weight is 361 g/mol. The molecule has 1 atom stereocenters. The molecule has 0 saturated carbocycles. The van der Waals surface area contributed by atoms with E-state index in [2.05, 4.69) is 23.6 Å². The maximum Gasteiger partial charge on any atom is 0.255 e. The highest BCUT2D eigenvalue weighted by Gasteiger charge is 2.40. The van der Waals surface area contributed by atoms with Crippen molar-refractivity contribution in [2.45, 2.75) is 13.0 Å². The number of likely N-dealkylation sites (N-methyl/N-ethyl adjacent to an activating group) is 1. The minimum atomic E-state index is -0.260. The molecule has 27 heavy (non-hydrogen) atoms. The summed E-state index contributed by atoms with van der Waals surface area (Å²) in [5.74, 6) is -0.169. The minimum Gasteiger partial charge on any atom is -0.348 e. The lowest BCUT2D eigenvalue weighted by atomic mass is 9.95. The lowest BCUT2D eigenvalue weighted by Gasteiger charge is -2.27. The number of carbonyl (C=O) groups excluding carboxylic acids is 2. The van der Waals surface area contributed by atoms with Crippen LogP contribution in [0.25, 0.3) is 10.9 Å². The van der Waals surface area contributed by atoms with Gasteiger partial charge in [-0.25, -0.2) is 0 Å². The van der Waals surface area contributed by atoms with Gasteiger partial charge in [0.2, 0.25) is 5.91 Å². The summed E-state index contributed by atoms with van der Waals surface area (Å²) in [4.78, 5) is 28.8. The molecule has 0 fully saturated rings. The van der Waals surface area contributed by atoms with Crippen molar-refractivity contribution in [1.82, 2.24) is 14.4 Å². The van der Waals surface area contributed by atoms with Gasteiger partial charge in [0.25, 0.3) is 5.91 Å². The predicted molar refractivity (Wildman–Crippen MR) is 106 cm³/mol. The summed E-state index contributed by atoms with van der Waals surface area (Å²) in [6, 6.07) is 15.6. The number of carbonyl (C=O) groups is 2. The molecule has 3 aromatic rings. The topological polar surface area (TPSA) is 45.6 Å². The second kappa shape index (κ2) is 6.27. The van der Waals surface area contributed by atoms with E-state index in [0.717, 1.165) is 27.7 Å². The van der Waals surface area contributed by atoms with Crippen molar-refractivity contribution in [2.75, 3.05) is 20.6 Å². The van der Waals surface area contributed by atoms with Crippen molar-refractivity contribution in [3.8, 4) is 0 Å². The summed E-state index contributed by atoms with van der Waals surface area (Å²) >= 11 is 0. The number of hydrogen-bond acceptors (Lipinski definition) is 2. The summed E-state index contributed by atoms with van der Waals surface area (Å²) in [7, 11) is 5.47. The number of fused-ring (bicyclic) bond motifs is 2. The number of nitrogens with zero attached hydrogens (tertiary/aromatic N) is 3. The Kier molecular flexibility index (Phi) is 4.02. The Hall–Kier alpha value is -3.08. The van der Waals surface area contributed by atoms with Gasteiger partial charge in [0.1, 0.15) is 6.54 Å². The average Bonchev–Trinajstić information content (AvgIpc) is 3.08. The summed E-state index contributed by atoms with van der Waals surface area (Å²) in [5, 5.41) is 1.12. The first-order valence-electron chi connectivity index (χ1n) is 9.05. The molecule has 2 heterocycles. The largest absolute Gasteiger partial charge is 0.348 e. The summed E-state index contributed by atoms with van der Waals surface area (Å²) in [5.41, 5.74) is 4.97. The van der Waals surface area contributed by atoms with Gasteiger partial charge in [-0.15, -0.1) is 0 Å². The summed E-state index contributed by atoms with van der Waals surface area (Å²) in [6.07, 6.45) is 0. The molecule has 2 aromatic carbocycles. The van der Waals surface area contributed by atoms with E-state index in [-0.39, 0.29) is 24.4 Å². The molecule has 2 amide bonds. The minimum absolute atomic E-state index is 0.0633. The number of benzene rings is 2. The van der Waals surface area contributed by atoms with Crippen molar-refractivity contribution < 1.29 is 9.59 Å². The van der Waals surface area contributed by atoms with Gasteiger partial charge in [-0.3, -0.25) is 9.59 Å². The van der Waals surface area contributed by atoms with Crippen LogP contribution in [0.2, 0.25) is 0 Å². The van der Waals surface area contributed by atoms with E-state index < -0.39 is 0 Å². The molecule has 0 saturated heterocycles. The smallest absolute Gasteiger partial charge is 0.255 e. The Morgan fingerprint density at radius 1 is 1.07 bits per heavy atom. The highest BCUT2D eigenvalue weighted by molar-refractivity contribution is 6.02. The third kappa shape index (κ3) is 2.53. The molecule has 1 aromatic heterocycles. The first kappa shape index (κ1) is 17.3. The van der Waals surface area contributed by atoms with Crippen LogP contribution in [0.4, 0.5) is 0 Å². The van der Waals surface area contributed by atoms with E-state index in [0.29, 0.717) is 5.56 Å². The van der Waals surface area contributed by atoms with Gasteiger partial charge in [0.15, 0.2) is 0 Å². The molecule has 0 N–H and O–H groups in total. The van der Waals surface area contributed by atoms with Crippen LogP contribution < -0.4 is 0 Å². The molecular weight excluding hydrogens is 338 g/mol. The summed E-state index contributed by atoms with van der Waals surface area (Å²) in [6.45, 7) is 2.14. The standard InChI is InChI=1S/C22H23N3O2/c1-14-20(17-11-7-8-12-18(17)24(14)4)21-15-9-5-6-10-16(15)22(27)25(21)13-19(26)23(2)3/h5-12,21H,13H2,1-4H3. The van der Waals surface area contributed by atoms with E-state index in [1.165, 1.54) is 4.90 Å². The third-order valence-corrected chi connectivity index (χ3v) is 5.58. The fraction of sp³-hybridized carbons (Fsp3) is 0.273. The van der Waals surface area contributed by atoms with Crippen molar-refractivity contribution >= 4 is 22.7 Å². The van der Waals surface area contributed by atoms with Gasteiger partial charge in [-0.2, -0.15) is 0 Å². The third-order valence-electron chi connectivity index (χ3n) is 5.58. The molecule has 4 rings (SSSR count). The number of rotatable bonds is 3. The van der Waals surface area contributed by atoms with Gasteiger partial charge in [-0.1, -0.05) is 36.4 Å². The Morgan fingerprint density at radius 2 is 1.74 bits per heavy atom. The van der Waals surface area contributed by atoms with Gasteiger partial charge in [-0.05, 0) is 24.6 Å². The van der Waals surface area contributed by atoms with E-state index in [1.807, 2.05) is 43.4 Å². The molecule has 5 heteroatoms. The normalized spacial score (nSPS) is 16.1. The molecule has 1 unspecified atom stereocenters. The van der Waals surface area contributed by atoms with Gasteiger partial charge < -0.3 is 14.4 Å². The molecule has 1 aliphatic heterocycles. The van der Waals surface area contributed by atoms with E-state index >= 15 is 0 Å². The number of para-hydroxylation sites is 1. The molecule has 0 radical (unpaired) electrons. The lowest BCUT2D eigenvalue weighted by molar-refractivity contribution is -0.129. The number of aromatic nitrogens is 1. The fourth-order valence-electron chi connectivity index (χ4n) is 4.03. The molecule has 0 aliphatic carbocycles. The number of hydrogen-bond donors (Lipinski definition) is 0. The lowest BCUT2D eigenvalue weighted by Crippen LogP contribution is -2.39. The van der Waals surface area contributed by atoms with Crippen LogP contribution in [-0.2, 0) is 11.8 Å². The van der Waals surface area contributed by atoms with Crippen LogP contribution in [0.3, 0.4) is 0 Å². The number of amides is 2. The number of aryl methyl sites for hydroxylation is 1. The first-order valence-corrected chi connectivity index (χ1v) is 9.05. The molecular formula is C22H23N3O2. The monoisotopic (exact) mass is 361 g/mol. The predicted octanol–water partition coefficient (Wildman–Crippen LogP) is 3.12. The van der Waals surface area contributed by atoms with E-state index in [9.17, 15) is 9.59 Å². The molecule has 1 aliphatic rings. The molecule has 5 nitrogen and oxygen atoms in total. The molecule has 138 valence electrons. The fourth-order valence-corrected chi connectivity index (χ4v) is 4.03. The van der Waals surface area contributed by atoms with Crippen molar-refractivity contribution in [2.24, 2.45) is 7.05 Å². The quantitative estimate of drug-likeness (QED) is 0.720. The van der Waals surface area contributed by atoms with Crippen molar-refractivity contribution in [3.63, 3.8) is 0 Å². The van der Waals surface area contributed by atoms with Crippen LogP contribution in [0, 0.1) is 6.92 Å².